The molecular weight excluding hydrogens is 522 g/mol. The quantitative estimate of drug-likeness (QED) is 0.0808. The topological polar surface area (TPSA) is 51.8 Å². The van der Waals surface area contributed by atoms with Gasteiger partial charge in [0.15, 0.2) is 0 Å². The van der Waals surface area contributed by atoms with Gasteiger partial charge in [-0.05, 0) is 35.4 Å². The summed E-state index contributed by atoms with van der Waals surface area (Å²) in [5.41, 5.74) is 4.37. The molecule has 4 aromatic rings. The molecule has 9 heteroatoms. The van der Waals surface area contributed by atoms with Gasteiger partial charge in [0.25, 0.3) is 0 Å². The maximum atomic E-state index is 6.68. The van der Waals surface area contributed by atoms with Gasteiger partial charge in [-0.15, -0.1) is 0 Å². The zero-order chi connectivity index (χ0) is 26.8. The van der Waals surface area contributed by atoms with Crippen LogP contribution < -0.4 is 9.44 Å². The smallest absolute Gasteiger partial charge is 0.309 e. The molecule has 0 heterocycles. The summed E-state index contributed by atoms with van der Waals surface area (Å²) in [4.78, 5) is 0. The van der Waals surface area contributed by atoms with Crippen LogP contribution in [0.15, 0.2) is 121 Å². The van der Waals surface area contributed by atoms with E-state index in [1.807, 2.05) is 72.8 Å². The first kappa shape index (κ1) is 29.2. The Morgan fingerprint density at radius 3 is 1.26 bits per heavy atom. The molecule has 0 aliphatic carbocycles. The molecule has 0 fully saturated rings. The van der Waals surface area contributed by atoms with Crippen molar-refractivity contribution in [2.75, 3.05) is 34.2 Å². The SMILES string of the molecule is B(OCCSNc1ccccc1)C(OC(BOCCSNc1ccccc1)c1ccccc1)c1ccccc1. The van der Waals surface area contributed by atoms with Crippen molar-refractivity contribution in [2.45, 2.75) is 12.0 Å². The molecule has 0 aliphatic heterocycles. The van der Waals surface area contributed by atoms with Gasteiger partial charge in [0.2, 0.25) is 0 Å². The number of nitrogens with one attached hydrogen (secondary N) is 2. The Morgan fingerprint density at radius 2 is 0.872 bits per heavy atom. The zero-order valence-electron chi connectivity index (χ0n) is 22.0. The molecule has 2 N–H and O–H groups in total. The van der Waals surface area contributed by atoms with Gasteiger partial charge in [0.05, 0.1) is 12.0 Å². The van der Waals surface area contributed by atoms with Gasteiger partial charge in [0.1, 0.15) is 0 Å². The molecule has 0 spiro atoms. The first-order valence-electron chi connectivity index (χ1n) is 13.1. The van der Waals surface area contributed by atoms with E-state index >= 15 is 0 Å². The molecule has 2 unspecified atom stereocenters. The number of rotatable bonds is 18. The molecule has 4 aromatic carbocycles. The maximum Gasteiger partial charge on any atom is 0.309 e. The van der Waals surface area contributed by atoms with E-state index in [0.717, 1.165) is 34.0 Å². The van der Waals surface area contributed by atoms with Crippen molar-refractivity contribution in [3.63, 3.8) is 0 Å². The molecule has 0 bridgehead atoms. The summed E-state index contributed by atoms with van der Waals surface area (Å²) in [7, 11) is 0.937. The molecule has 0 saturated carbocycles. The lowest BCUT2D eigenvalue weighted by Crippen LogP contribution is -2.24. The summed E-state index contributed by atoms with van der Waals surface area (Å²) in [6.45, 7) is 1.24. The standard InChI is InChI=1S/C30H34B2N2O3S2/c1-5-13-25(14-6-1)29(31-35-21-23-38-33-27-17-9-3-10-18-27)37-30(26-15-7-2-8-16-26)32-36-22-24-39-34-28-19-11-4-12-20-28/h1-20,29-34H,21-24H2. The number of ether oxygens (including phenoxy) is 1. The molecule has 0 aromatic heterocycles. The highest BCUT2D eigenvalue weighted by Crippen LogP contribution is 2.26. The Hall–Kier alpha value is -2.81. The van der Waals surface area contributed by atoms with Crippen LogP contribution in [0, 0.1) is 0 Å². The van der Waals surface area contributed by atoms with E-state index in [1.165, 1.54) is 0 Å². The average Bonchev–Trinajstić information content (AvgIpc) is 3.01. The van der Waals surface area contributed by atoms with Crippen LogP contribution >= 0.6 is 23.9 Å². The van der Waals surface area contributed by atoms with Gasteiger partial charge in [-0.2, -0.15) is 0 Å². The fraction of sp³-hybridized carbons (Fsp3) is 0.200. The Bertz CT molecular complexity index is 1070. The van der Waals surface area contributed by atoms with Crippen LogP contribution in [0.5, 0.6) is 0 Å². The zero-order valence-corrected chi connectivity index (χ0v) is 23.6. The van der Waals surface area contributed by atoms with Crippen LogP contribution in [-0.2, 0) is 14.0 Å². The summed E-state index contributed by atoms with van der Waals surface area (Å²) < 4.78 is 25.5. The Morgan fingerprint density at radius 1 is 0.513 bits per heavy atom. The molecular formula is C30H34B2N2O3S2. The Balaban J connectivity index is 1.27. The van der Waals surface area contributed by atoms with Crippen LogP contribution in [0.2, 0.25) is 0 Å². The van der Waals surface area contributed by atoms with E-state index in [4.69, 9.17) is 14.0 Å². The highest BCUT2D eigenvalue weighted by molar-refractivity contribution is 8.00. The maximum absolute atomic E-state index is 6.68. The predicted octanol–water partition coefficient (Wildman–Crippen LogP) is 6.66. The van der Waals surface area contributed by atoms with Gasteiger partial charge in [-0.1, -0.05) is 121 Å². The molecule has 5 nitrogen and oxygen atoms in total. The van der Waals surface area contributed by atoms with Crippen LogP contribution in [0.25, 0.3) is 0 Å². The third-order valence-corrected chi connectivity index (χ3v) is 7.30. The normalized spacial score (nSPS) is 12.3. The highest BCUT2D eigenvalue weighted by Gasteiger charge is 2.23. The number of benzene rings is 4. The number of anilines is 2. The molecule has 0 aliphatic rings. The predicted molar refractivity (Wildman–Crippen MR) is 171 cm³/mol. The molecule has 4 rings (SSSR count). The first-order valence-corrected chi connectivity index (χ1v) is 15.1. The van der Waals surface area contributed by atoms with Crippen LogP contribution in [-0.4, -0.2) is 39.7 Å². The molecule has 0 saturated heterocycles. The van der Waals surface area contributed by atoms with Gasteiger partial charge < -0.3 is 23.5 Å². The number of hydrogen-bond donors (Lipinski definition) is 2. The van der Waals surface area contributed by atoms with Crippen molar-refractivity contribution >= 4 is 50.2 Å². The summed E-state index contributed by atoms with van der Waals surface area (Å²) in [5.74, 6) is 1.66. The Kier molecular flexibility index (Phi) is 13.3. The summed E-state index contributed by atoms with van der Waals surface area (Å²) in [6, 6.07) is 40.5. The fourth-order valence-corrected chi connectivity index (χ4v) is 5.04. The Labute approximate surface area is 242 Å². The van der Waals surface area contributed by atoms with E-state index in [9.17, 15) is 0 Å². The van der Waals surface area contributed by atoms with Gasteiger partial charge in [-0.3, -0.25) is 0 Å². The van der Waals surface area contributed by atoms with E-state index < -0.39 is 0 Å². The van der Waals surface area contributed by atoms with Crippen LogP contribution in [0.1, 0.15) is 23.1 Å². The summed E-state index contributed by atoms with van der Waals surface area (Å²) in [6.07, 6.45) is 0. The van der Waals surface area contributed by atoms with Crippen molar-refractivity contribution in [2.24, 2.45) is 0 Å². The van der Waals surface area contributed by atoms with E-state index in [1.54, 1.807) is 23.9 Å². The van der Waals surface area contributed by atoms with E-state index in [0.29, 0.717) is 28.2 Å². The second-order valence-electron chi connectivity index (χ2n) is 8.72. The third kappa shape index (κ3) is 11.1. The number of hydrogen-bond acceptors (Lipinski definition) is 7. The lowest BCUT2D eigenvalue weighted by atomic mass is 9.80. The van der Waals surface area contributed by atoms with Crippen molar-refractivity contribution in [3.8, 4) is 0 Å². The molecule has 39 heavy (non-hydrogen) atoms. The minimum Gasteiger partial charge on any atom is -0.435 e. The van der Waals surface area contributed by atoms with Gasteiger partial charge in [0, 0.05) is 36.1 Å². The molecule has 0 radical (unpaired) electrons. The van der Waals surface area contributed by atoms with E-state index in [-0.39, 0.29) is 12.0 Å². The lowest BCUT2D eigenvalue weighted by molar-refractivity contribution is 0.0573. The van der Waals surface area contributed by atoms with Crippen molar-refractivity contribution < 1.29 is 14.0 Å². The van der Waals surface area contributed by atoms with Gasteiger partial charge >= 0.3 is 15.0 Å². The minimum absolute atomic E-state index is 0.207. The fourth-order valence-electron chi connectivity index (χ4n) is 3.82. The first-order chi connectivity index (χ1) is 19.4. The van der Waals surface area contributed by atoms with Crippen molar-refractivity contribution in [1.82, 2.24) is 0 Å². The van der Waals surface area contributed by atoms with Crippen LogP contribution in [0.3, 0.4) is 0 Å². The van der Waals surface area contributed by atoms with Gasteiger partial charge in [-0.25, -0.2) is 0 Å². The molecule has 2 atom stereocenters. The second-order valence-corrected chi connectivity index (χ2v) is 10.5. The largest absolute Gasteiger partial charge is 0.435 e. The van der Waals surface area contributed by atoms with Crippen molar-refractivity contribution in [3.05, 3.63) is 132 Å². The van der Waals surface area contributed by atoms with Crippen LogP contribution in [0.4, 0.5) is 11.4 Å². The number of para-hydroxylation sites is 2. The highest BCUT2D eigenvalue weighted by atomic mass is 32.2. The lowest BCUT2D eigenvalue weighted by Gasteiger charge is -2.25. The summed E-state index contributed by atoms with van der Waals surface area (Å²) in [5, 5.41) is 0. The minimum atomic E-state index is -0.207. The van der Waals surface area contributed by atoms with Crippen molar-refractivity contribution in [1.29, 1.82) is 0 Å². The molecule has 0 amide bonds. The monoisotopic (exact) mass is 556 g/mol. The second kappa shape index (κ2) is 17.7. The average molecular weight is 556 g/mol. The summed E-state index contributed by atoms with van der Waals surface area (Å²) >= 11 is 3.28. The molecule has 200 valence electrons. The third-order valence-electron chi connectivity index (χ3n) is 5.80. The van der Waals surface area contributed by atoms with E-state index in [2.05, 4.69) is 58.0 Å².